The third-order valence-electron chi connectivity index (χ3n) is 3.33. The molecule has 0 spiro atoms. The zero-order valence-electron chi connectivity index (χ0n) is 12.4. The van der Waals surface area contributed by atoms with Crippen molar-refractivity contribution < 1.29 is 13.2 Å². The second-order valence-electron chi connectivity index (χ2n) is 5.67. The van der Waals surface area contributed by atoms with Crippen LogP contribution in [0.3, 0.4) is 0 Å². The molecule has 1 aliphatic rings. The van der Waals surface area contributed by atoms with Gasteiger partial charge in [-0.2, -0.15) is 4.31 Å². The molecular formula is C13H28N2O3S. The second kappa shape index (κ2) is 8.19. The second-order valence-corrected chi connectivity index (χ2v) is 7.68. The van der Waals surface area contributed by atoms with E-state index in [0.717, 1.165) is 25.8 Å². The maximum atomic E-state index is 12.5. The molecule has 0 bridgehead atoms. The molecule has 0 amide bonds. The van der Waals surface area contributed by atoms with Crippen LogP contribution in [0.25, 0.3) is 0 Å². The molecule has 0 aromatic heterocycles. The van der Waals surface area contributed by atoms with Crippen molar-refractivity contribution in [3.8, 4) is 0 Å². The first-order valence-corrected chi connectivity index (χ1v) is 8.76. The predicted octanol–water partition coefficient (Wildman–Crippen LogP) is 1.06. The highest BCUT2D eigenvalue weighted by atomic mass is 32.2. The van der Waals surface area contributed by atoms with Crippen LogP contribution in [-0.2, 0) is 14.8 Å². The van der Waals surface area contributed by atoms with Gasteiger partial charge in [-0.15, -0.1) is 0 Å². The Balaban J connectivity index is 2.61. The zero-order valence-corrected chi connectivity index (χ0v) is 13.2. The smallest absolute Gasteiger partial charge is 0.215 e. The average Bonchev–Trinajstić information content (AvgIpc) is 2.34. The van der Waals surface area contributed by atoms with Gasteiger partial charge in [0.15, 0.2) is 0 Å². The van der Waals surface area contributed by atoms with Gasteiger partial charge in [0, 0.05) is 26.2 Å². The molecule has 114 valence electrons. The highest BCUT2D eigenvalue weighted by Gasteiger charge is 2.27. The third kappa shape index (κ3) is 6.21. The van der Waals surface area contributed by atoms with Crippen LogP contribution in [-0.4, -0.2) is 57.9 Å². The largest absolute Gasteiger partial charge is 0.383 e. The van der Waals surface area contributed by atoms with E-state index in [1.54, 1.807) is 11.4 Å². The van der Waals surface area contributed by atoms with Crippen molar-refractivity contribution in [1.82, 2.24) is 9.62 Å². The van der Waals surface area contributed by atoms with Gasteiger partial charge in [-0.25, -0.2) is 8.42 Å². The minimum atomic E-state index is -3.20. The van der Waals surface area contributed by atoms with Gasteiger partial charge < -0.3 is 10.1 Å². The molecule has 1 saturated heterocycles. The number of rotatable bonds is 8. The molecule has 0 aromatic carbocycles. The van der Waals surface area contributed by atoms with Crippen molar-refractivity contribution in [2.45, 2.75) is 39.2 Å². The van der Waals surface area contributed by atoms with E-state index in [2.05, 4.69) is 5.32 Å². The number of nitrogens with one attached hydrogen (secondary N) is 1. The van der Waals surface area contributed by atoms with E-state index >= 15 is 0 Å². The zero-order chi connectivity index (χ0) is 14.3. The summed E-state index contributed by atoms with van der Waals surface area (Å²) < 4.78 is 31.5. The number of ether oxygens (including phenoxy) is 1. The SMILES string of the molecule is COCCN(CC(C)C)S(=O)(=O)CC1CCCCN1. The molecular weight excluding hydrogens is 264 g/mol. The van der Waals surface area contributed by atoms with Crippen molar-refractivity contribution >= 4 is 10.0 Å². The normalized spacial score (nSPS) is 21.2. The molecule has 1 heterocycles. The molecule has 1 aliphatic heterocycles. The molecule has 0 radical (unpaired) electrons. The van der Waals surface area contributed by atoms with E-state index < -0.39 is 10.0 Å². The van der Waals surface area contributed by atoms with Gasteiger partial charge in [0.2, 0.25) is 10.0 Å². The number of hydrogen-bond donors (Lipinski definition) is 1. The molecule has 1 rings (SSSR count). The summed E-state index contributed by atoms with van der Waals surface area (Å²) in [7, 11) is -1.60. The van der Waals surface area contributed by atoms with Gasteiger partial charge in [0.1, 0.15) is 0 Å². The molecule has 1 fully saturated rings. The Kier molecular flexibility index (Phi) is 7.28. The fourth-order valence-corrected chi connectivity index (χ4v) is 4.25. The summed E-state index contributed by atoms with van der Waals surface area (Å²) >= 11 is 0. The molecule has 1 atom stereocenters. The van der Waals surface area contributed by atoms with Gasteiger partial charge in [-0.3, -0.25) is 0 Å². The van der Waals surface area contributed by atoms with E-state index in [9.17, 15) is 8.42 Å². The Bertz CT molecular complexity index is 338. The first kappa shape index (κ1) is 16.9. The third-order valence-corrected chi connectivity index (χ3v) is 5.27. The van der Waals surface area contributed by atoms with Crippen molar-refractivity contribution in [3.63, 3.8) is 0 Å². The standard InChI is InChI=1S/C13H28N2O3S/c1-12(2)10-15(8-9-18-3)19(16,17)11-13-6-4-5-7-14-13/h12-14H,4-11H2,1-3H3. The molecule has 1 N–H and O–H groups in total. The van der Waals surface area contributed by atoms with Crippen molar-refractivity contribution in [3.05, 3.63) is 0 Å². The van der Waals surface area contributed by atoms with E-state index in [1.807, 2.05) is 13.8 Å². The van der Waals surface area contributed by atoms with Crippen LogP contribution in [0.1, 0.15) is 33.1 Å². The Morgan fingerprint density at radius 2 is 2.11 bits per heavy atom. The summed E-state index contributed by atoms with van der Waals surface area (Å²) in [4.78, 5) is 0. The molecule has 5 nitrogen and oxygen atoms in total. The van der Waals surface area contributed by atoms with Crippen LogP contribution in [0.15, 0.2) is 0 Å². The Hall–Kier alpha value is -0.170. The number of nitrogens with zero attached hydrogens (tertiary/aromatic N) is 1. The van der Waals surface area contributed by atoms with Crippen molar-refractivity contribution in [2.75, 3.05) is 39.1 Å². The number of sulfonamides is 1. The first-order valence-electron chi connectivity index (χ1n) is 7.16. The van der Waals surface area contributed by atoms with E-state index in [-0.39, 0.29) is 11.8 Å². The lowest BCUT2D eigenvalue weighted by Gasteiger charge is -2.28. The lowest BCUT2D eigenvalue weighted by atomic mass is 10.1. The fraction of sp³-hybridized carbons (Fsp3) is 1.00. The van der Waals surface area contributed by atoms with Crippen LogP contribution in [0.2, 0.25) is 0 Å². The predicted molar refractivity (Wildman–Crippen MR) is 77.7 cm³/mol. The number of hydrogen-bond acceptors (Lipinski definition) is 4. The van der Waals surface area contributed by atoms with Crippen LogP contribution < -0.4 is 5.32 Å². The Morgan fingerprint density at radius 1 is 1.37 bits per heavy atom. The van der Waals surface area contributed by atoms with Gasteiger partial charge in [-0.1, -0.05) is 20.3 Å². The Morgan fingerprint density at radius 3 is 2.63 bits per heavy atom. The van der Waals surface area contributed by atoms with Crippen molar-refractivity contribution in [1.29, 1.82) is 0 Å². The number of methoxy groups -OCH3 is 1. The topological polar surface area (TPSA) is 58.6 Å². The lowest BCUT2D eigenvalue weighted by molar-refractivity contribution is 0.175. The minimum Gasteiger partial charge on any atom is -0.383 e. The van der Waals surface area contributed by atoms with Crippen LogP contribution in [0.5, 0.6) is 0 Å². The summed E-state index contributed by atoms with van der Waals surface area (Å²) in [5.74, 6) is 0.537. The first-order chi connectivity index (χ1) is 8.95. The van der Waals surface area contributed by atoms with Crippen LogP contribution in [0.4, 0.5) is 0 Å². The van der Waals surface area contributed by atoms with E-state index in [0.29, 0.717) is 25.6 Å². The van der Waals surface area contributed by atoms with Gasteiger partial charge in [0.25, 0.3) is 0 Å². The summed E-state index contributed by atoms with van der Waals surface area (Å²) in [6.07, 6.45) is 3.23. The van der Waals surface area contributed by atoms with E-state index in [4.69, 9.17) is 4.74 Å². The molecule has 1 unspecified atom stereocenters. The molecule has 0 saturated carbocycles. The van der Waals surface area contributed by atoms with Crippen LogP contribution in [0, 0.1) is 5.92 Å². The Labute approximate surface area is 117 Å². The minimum absolute atomic E-state index is 0.107. The highest BCUT2D eigenvalue weighted by Crippen LogP contribution is 2.13. The molecule has 19 heavy (non-hydrogen) atoms. The van der Waals surface area contributed by atoms with Gasteiger partial charge >= 0.3 is 0 Å². The highest BCUT2D eigenvalue weighted by molar-refractivity contribution is 7.89. The number of piperidine rings is 1. The summed E-state index contributed by atoms with van der Waals surface area (Å²) in [6.45, 7) is 6.47. The van der Waals surface area contributed by atoms with Crippen LogP contribution >= 0.6 is 0 Å². The monoisotopic (exact) mass is 292 g/mol. The van der Waals surface area contributed by atoms with Gasteiger partial charge in [0.05, 0.1) is 12.4 Å². The summed E-state index contributed by atoms with van der Waals surface area (Å²) in [5.41, 5.74) is 0. The summed E-state index contributed by atoms with van der Waals surface area (Å²) in [6, 6.07) is 0.107. The molecule has 6 heteroatoms. The maximum Gasteiger partial charge on any atom is 0.215 e. The summed E-state index contributed by atoms with van der Waals surface area (Å²) in [5, 5.41) is 3.30. The van der Waals surface area contributed by atoms with Crippen molar-refractivity contribution in [2.24, 2.45) is 5.92 Å². The maximum absolute atomic E-state index is 12.5. The van der Waals surface area contributed by atoms with Gasteiger partial charge in [-0.05, 0) is 25.3 Å². The fourth-order valence-electron chi connectivity index (χ4n) is 2.37. The molecule has 0 aliphatic carbocycles. The quantitative estimate of drug-likeness (QED) is 0.727. The van der Waals surface area contributed by atoms with E-state index in [1.165, 1.54) is 0 Å². The lowest BCUT2D eigenvalue weighted by Crippen LogP contribution is -2.45. The average molecular weight is 292 g/mol. The molecule has 0 aromatic rings.